The molecule has 2 aromatic heterocycles. The normalized spacial score (nSPS) is 11.1. The monoisotopic (exact) mass is 187 g/mol. The van der Waals surface area contributed by atoms with E-state index in [1.807, 2.05) is 24.3 Å². The van der Waals surface area contributed by atoms with Crippen LogP contribution in [0.25, 0.3) is 21.9 Å². The molecule has 0 fully saturated rings. The summed E-state index contributed by atoms with van der Waals surface area (Å²) in [4.78, 5) is 4.29. The summed E-state index contributed by atoms with van der Waals surface area (Å²) in [6, 6.07) is 7.96. The standard InChI is InChI=1S/C9H5N3S/c1-2-4-7-6(3-1)9-8(5-10-7)11-13-12-9/h1-5H. The molecule has 13 heavy (non-hydrogen) atoms. The quantitative estimate of drug-likeness (QED) is 0.541. The molecule has 0 spiro atoms. The Morgan fingerprint density at radius 1 is 1.00 bits per heavy atom. The molecule has 1 aromatic carbocycles. The van der Waals surface area contributed by atoms with Gasteiger partial charge in [-0.1, -0.05) is 18.2 Å². The van der Waals surface area contributed by atoms with Crippen LogP contribution in [0.4, 0.5) is 0 Å². The van der Waals surface area contributed by atoms with Crippen LogP contribution < -0.4 is 0 Å². The highest BCUT2D eigenvalue weighted by Crippen LogP contribution is 2.20. The molecule has 0 radical (unpaired) electrons. The first-order chi connectivity index (χ1) is 6.45. The maximum atomic E-state index is 4.29. The predicted molar refractivity (Wildman–Crippen MR) is 52.7 cm³/mol. The molecule has 0 aliphatic rings. The van der Waals surface area contributed by atoms with Gasteiger partial charge in [-0.25, -0.2) is 0 Å². The second-order valence-corrected chi connectivity index (χ2v) is 3.30. The molecule has 0 saturated heterocycles. The van der Waals surface area contributed by atoms with E-state index in [-0.39, 0.29) is 0 Å². The van der Waals surface area contributed by atoms with E-state index in [2.05, 4.69) is 13.7 Å². The van der Waals surface area contributed by atoms with Crippen LogP contribution in [0.1, 0.15) is 0 Å². The lowest BCUT2D eigenvalue weighted by Gasteiger charge is -1.94. The summed E-state index contributed by atoms with van der Waals surface area (Å²) < 4.78 is 8.37. The summed E-state index contributed by atoms with van der Waals surface area (Å²) in [6.45, 7) is 0. The van der Waals surface area contributed by atoms with Gasteiger partial charge in [0.1, 0.15) is 11.0 Å². The van der Waals surface area contributed by atoms with E-state index in [1.54, 1.807) is 6.20 Å². The predicted octanol–water partition coefficient (Wildman–Crippen LogP) is 2.24. The molecule has 0 unspecified atom stereocenters. The molecule has 2 heterocycles. The third-order valence-electron chi connectivity index (χ3n) is 2.00. The number of hydrogen-bond donors (Lipinski definition) is 0. The Labute approximate surface area is 78.4 Å². The van der Waals surface area contributed by atoms with Gasteiger partial charge in [0.2, 0.25) is 0 Å². The van der Waals surface area contributed by atoms with E-state index in [0.717, 1.165) is 21.9 Å². The van der Waals surface area contributed by atoms with Gasteiger partial charge >= 0.3 is 0 Å². The maximum Gasteiger partial charge on any atom is 0.123 e. The van der Waals surface area contributed by atoms with Gasteiger partial charge in [-0.3, -0.25) is 4.98 Å². The van der Waals surface area contributed by atoms with Crippen molar-refractivity contribution in [3.63, 3.8) is 0 Å². The molecule has 0 N–H and O–H groups in total. The molecule has 3 aromatic rings. The van der Waals surface area contributed by atoms with E-state index in [0.29, 0.717) is 0 Å². The fraction of sp³-hybridized carbons (Fsp3) is 0. The van der Waals surface area contributed by atoms with Gasteiger partial charge in [0.15, 0.2) is 0 Å². The highest BCUT2D eigenvalue weighted by molar-refractivity contribution is 7.00. The average Bonchev–Trinajstić information content (AvgIpc) is 2.65. The molecule has 0 bridgehead atoms. The fourth-order valence-electron chi connectivity index (χ4n) is 1.38. The van der Waals surface area contributed by atoms with E-state index >= 15 is 0 Å². The van der Waals surface area contributed by atoms with E-state index in [9.17, 15) is 0 Å². The second-order valence-electron chi connectivity index (χ2n) is 2.77. The third-order valence-corrected chi connectivity index (χ3v) is 2.54. The summed E-state index contributed by atoms with van der Waals surface area (Å²) in [5.41, 5.74) is 2.81. The number of pyridine rings is 1. The van der Waals surface area contributed by atoms with Gasteiger partial charge < -0.3 is 0 Å². The summed E-state index contributed by atoms with van der Waals surface area (Å²) >= 11 is 1.23. The zero-order valence-corrected chi connectivity index (χ0v) is 7.45. The van der Waals surface area contributed by atoms with Crippen molar-refractivity contribution < 1.29 is 0 Å². The number of fused-ring (bicyclic) bond motifs is 3. The number of rotatable bonds is 0. The Bertz CT molecular complexity index is 573. The number of hydrogen-bond acceptors (Lipinski definition) is 4. The SMILES string of the molecule is c1ccc2c(c1)ncc1nsnc12. The van der Waals surface area contributed by atoms with Crippen molar-refractivity contribution in [1.82, 2.24) is 13.7 Å². The Hall–Kier alpha value is -1.55. The molecule has 3 nitrogen and oxygen atoms in total. The lowest BCUT2D eigenvalue weighted by Crippen LogP contribution is -1.79. The van der Waals surface area contributed by atoms with Crippen molar-refractivity contribution in [3.8, 4) is 0 Å². The first-order valence-electron chi connectivity index (χ1n) is 3.91. The summed E-state index contributed by atoms with van der Waals surface area (Å²) in [7, 11) is 0. The minimum absolute atomic E-state index is 0.878. The van der Waals surface area contributed by atoms with Crippen LogP contribution in [0.15, 0.2) is 30.5 Å². The van der Waals surface area contributed by atoms with Crippen molar-refractivity contribution in [2.45, 2.75) is 0 Å². The first-order valence-corrected chi connectivity index (χ1v) is 4.64. The van der Waals surface area contributed by atoms with Crippen molar-refractivity contribution in [1.29, 1.82) is 0 Å². The van der Waals surface area contributed by atoms with Gasteiger partial charge in [0, 0.05) is 5.39 Å². The van der Waals surface area contributed by atoms with Gasteiger partial charge in [-0.2, -0.15) is 8.75 Å². The van der Waals surface area contributed by atoms with Crippen LogP contribution in [0.5, 0.6) is 0 Å². The van der Waals surface area contributed by atoms with Crippen LogP contribution in [0, 0.1) is 0 Å². The molecule has 62 valence electrons. The number of benzene rings is 1. The largest absolute Gasteiger partial charge is 0.254 e. The van der Waals surface area contributed by atoms with Crippen molar-refractivity contribution in [2.75, 3.05) is 0 Å². The van der Waals surface area contributed by atoms with Crippen LogP contribution in [0.3, 0.4) is 0 Å². The van der Waals surface area contributed by atoms with Gasteiger partial charge in [-0.05, 0) is 6.07 Å². The second kappa shape index (κ2) is 2.47. The highest BCUT2D eigenvalue weighted by atomic mass is 32.1. The minimum atomic E-state index is 0.878. The first kappa shape index (κ1) is 6.91. The minimum Gasteiger partial charge on any atom is -0.254 e. The van der Waals surface area contributed by atoms with Gasteiger partial charge in [0.05, 0.1) is 23.4 Å². The molecular formula is C9H5N3S. The summed E-state index contributed by atoms with van der Waals surface area (Å²) in [6.07, 6.45) is 1.77. The molecule has 0 aliphatic heterocycles. The van der Waals surface area contributed by atoms with Crippen molar-refractivity contribution >= 4 is 33.7 Å². The van der Waals surface area contributed by atoms with Gasteiger partial charge in [0.25, 0.3) is 0 Å². The number of para-hydroxylation sites is 1. The van der Waals surface area contributed by atoms with E-state index in [1.165, 1.54) is 11.7 Å². The Morgan fingerprint density at radius 3 is 2.92 bits per heavy atom. The molecule has 3 rings (SSSR count). The lowest BCUT2D eigenvalue weighted by atomic mass is 10.2. The summed E-state index contributed by atoms with van der Waals surface area (Å²) in [5.74, 6) is 0. The fourth-order valence-corrected chi connectivity index (χ4v) is 1.92. The topological polar surface area (TPSA) is 38.7 Å². The van der Waals surface area contributed by atoms with Crippen LogP contribution in [0.2, 0.25) is 0 Å². The summed E-state index contributed by atoms with van der Waals surface area (Å²) in [5, 5.41) is 1.08. The molecule has 0 atom stereocenters. The lowest BCUT2D eigenvalue weighted by molar-refractivity contribution is 1.42. The molecule has 0 saturated carbocycles. The molecular weight excluding hydrogens is 182 g/mol. The van der Waals surface area contributed by atoms with Crippen LogP contribution in [-0.4, -0.2) is 13.7 Å². The Kier molecular flexibility index (Phi) is 1.31. The average molecular weight is 187 g/mol. The van der Waals surface area contributed by atoms with Gasteiger partial charge in [-0.15, -0.1) is 0 Å². The number of nitrogens with zero attached hydrogens (tertiary/aromatic N) is 3. The van der Waals surface area contributed by atoms with E-state index < -0.39 is 0 Å². The molecule has 0 aliphatic carbocycles. The zero-order valence-electron chi connectivity index (χ0n) is 6.64. The van der Waals surface area contributed by atoms with Crippen molar-refractivity contribution in [3.05, 3.63) is 30.5 Å². The molecule has 4 heteroatoms. The molecule has 0 amide bonds. The smallest absolute Gasteiger partial charge is 0.123 e. The Balaban J connectivity index is 2.65. The van der Waals surface area contributed by atoms with E-state index in [4.69, 9.17) is 0 Å². The van der Waals surface area contributed by atoms with Crippen LogP contribution in [-0.2, 0) is 0 Å². The highest BCUT2D eigenvalue weighted by Gasteiger charge is 2.03. The van der Waals surface area contributed by atoms with Crippen molar-refractivity contribution in [2.24, 2.45) is 0 Å². The number of aromatic nitrogens is 3. The Morgan fingerprint density at radius 2 is 1.92 bits per heavy atom. The van der Waals surface area contributed by atoms with Crippen LogP contribution >= 0.6 is 11.7 Å². The third kappa shape index (κ3) is 0.922. The zero-order chi connectivity index (χ0) is 8.67. The maximum absolute atomic E-state index is 4.29.